The van der Waals surface area contributed by atoms with Gasteiger partial charge in [0.05, 0.1) is 23.1 Å². The summed E-state index contributed by atoms with van der Waals surface area (Å²) in [7, 11) is 1.78. The van der Waals surface area contributed by atoms with Crippen molar-refractivity contribution in [1.29, 1.82) is 0 Å². The smallest absolute Gasteiger partial charge is 0.253 e. The number of nitrogens with one attached hydrogen (secondary N) is 2. The highest BCUT2D eigenvalue weighted by molar-refractivity contribution is 6.04. The molecule has 1 aromatic carbocycles. The molecule has 1 saturated heterocycles. The maximum Gasteiger partial charge on any atom is 0.253 e. The third kappa shape index (κ3) is 5.68. The van der Waals surface area contributed by atoms with E-state index in [1.54, 1.807) is 30.2 Å². The van der Waals surface area contributed by atoms with Gasteiger partial charge in [0.25, 0.3) is 5.91 Å². The van der Waals surface area contributed by atoms with Crippen molar-refractivity contribution in [1.82, 2.24) is 24.8 Å². The van der Waals surface area contributed by atoms with Crippen LogP contribution in [-0.4, -0.2) is 51.5 Å². The van der Waals surface area contributed by atoms with Crippen molar-refractivity contribution in [3.63, 3.8) is 0 Å². The van der Waals surface area contributed by atoms with E-state index in [1.807, 2.05) is 33.8 Å². The Balaban J connectivity index is 0.00000149. The van der Waals surface area contributed by atoms with Crippen LogP contribution in [0.4, 0.5) is 15.9 Å². The number of hydrogen-bond donors (Lipinski definition) is 2. The van der Waals surface area contributed by atoms with Crippen LogP contribution in [0.1, 0.15) is 54.6 Å². The number of likely N-dealkylation sites (tertiary alicyclic amines) is 1. The fourth-order valence-corrected chi connectivity index (χ4v) is 4.10. The maximum absolute atomic E-state index is 15.5. The van der Waals surface area contributed by atoms with Crippen LogP contribution in [0, 0.1) is 19.7 Å². The molecule has 3 aromatic rings. The van der Waals surface area contributed by atoms with E-state index in [2.05, 4.69) is 25.5 Å². The molecule has 1 aliphatic rings. The number of carbonyl (C=O) groups is 1. The number of piperidine rings is 1. The number of rotatable bonds is 6. The molecule has 0 radical (unpaired) electrons. The third-order valence-corrected chi connectivity index (χ3v) is 5.83. The molecule has 33 heavy (non-hydrogen) atoms. The lowest BCUT2D eigenvalue weighted by atomic mass is 10.1. The van der Waals surface area contributed by atoms with Crippen LogP contribution in [0.3, 0.4) is 0 Å². The third-order valence-electron chi connectivity index (χ3n) is 5.83. The van der Waals surface area contributed by atoms with Crippen molar-refractivity contribution < 1.29 is 9.18 Å². The van der Waals surface area contributed by atoms with Gasteiger partial charge in [-0.1, -0.05) is 26.3 Å². The number of imidazole rings is 1. The second-order valence-electron chi connectivity index (χ2n) is 8.30. The van der Waals surface area contributed by atoms with Gasteiger partial charge >= 0.3 is 0 Å². The average Bonchev–Trinajstić information content (AvgIpc) is 3.20. The largest absolute Gasteiger partial charge is 0.351 e. The molecule has 8 heteroatoms. The molecule has 178 valence electrons. The molecule has 4 rings (SSSR count). The Morgan fingerprint density at radius 3 is 2.55 bits per heavy atom. The predicted octanol–water partition coefficient (Wildman–Crippen LogP) is 4.71. The number of halogens is 1. The first-order chi connectivity index (χ1) is 15.9. The summed E-state index contributed by atoms with van der Waals surface area (Å²) in [5.74, 6) is -0.352. The number of pyridine rings is 1. The Morgan fingerprint density at radius 2 is 1.85 bits per heavy atom. The van der Waals surface area contributed by atoms with Gasteiger partial charge in [0.1, 0.15) is 11.3 Å². The topological polar surface area (TPSA) is 75.1 Å². The normalized spacial score (nSPS) is 14.0. The van der Waals surface area contributed by atoms with Crippen LogP contribution in [-0.2, 0) is 7.05 Å². The molecular weight excluding hydrogens is 419 g/mol. The Kier molecular flexibility index (Phi) is 8.38. The number of aryl methyl sites for hydroxylation is 3. The zero-order valence-corrected chi connectivity index (χ0v) is 20.3. The number of nitrogens with zero attached hydrogens (tertiary/aromatic N) is 4. The summed E-state index contributed by atoms with van der Waals surface area (Å²) in [6, 6.07) is 3.65. The highest BCUT2D eigenvalue weighted by Gasteiger charge is 2.22. The minimum atomic E-state index is -0.555. The molecule has 0 saturated carbocycles. The molecule has 3 heterocycles. The predicted molar refractivity (Wildman–Crippen MR) is 132 cm³/mol. The molecule has 1 amide bonds. The minimum Gasteiger partial charge on any atom is -0.351 e. The fraction of sp³-hybridized carbons (Fsp3) is 0.480. The van der Waals surface area contributed by atoms with Crippen molar-refractivity contribution in [2.75, 3.05) is 31.5 Å². The highest BCUT2D eigenvalue weighted by Crippen LogP contribution is 2.31. The molecule has 0 unspecified atom stereocenters. The quantitative estimate of drug-likeness (QED) is 0.564. The lowest BCUT2D eigenvalue weighted by Crippen LogP contribution is -2.37. The summed E-state index contributed by atoms with van der Waals surface area (Å²) in [5, 5.41) is 6.01. The Bertz CT molecular complexity index is 1100. The van der Waals surface area contributed by atoms with E-state index in [4.69, 9.17) is 0 Å². The van der Waals surface area contributed by atoms with Gasteiger partial charge in [-0.2, -0.15) is 0 Å². The van der Waals surface area contributed by atoms with E-state index in [0.29, 0.717) is 17.9 Å². The van der Waals surface area contributed by atoms with Crippen molar-refractivity contribution in [3.05, 3.63) is 47.2 Å². The first kappa shape index (κ1) is 24.6. The SMILES string of the molecule is CC.Cc1cnc(Nc2c(C(=O)NCCN3CCCCC3)cc3c(ncn3C)c2F)c(C)c1. The Morgan fingerprint density at radius 1 is 1.12 bits per heavy atom. The van der Waals surface area contributed by atoms with Crippen molar-refractivity contribution in [2.45, 2.75) is 47.0 Å². The van der Waals surface area contributed by atoms with Gasteiger partial charge in [0.15, 0.2) is 5.82 Å². The number of anilines is 2. The van der Waals surface area contributed by atoms with Crippen LogP contribution in [0.5, 0.6) is 0 Å². The van der Waals surface area contributed by atoms with Gasteiger partial charge in [-0.15, -0.1) is 0 Å². The summed E-state index contributed by atoms with van der Waals surface area (Å²) in [6.07, 6.45) is 6.94. The molecule has 0 spiro atoms. The van der Waals surface area contributed by atoms with Gasteiger partial charge in [0, 0.05) is 26.3 Å². The first-order valence-corrected chi connectivity index (χ1v) is 11.8. The molecule has 0 bridgehead atoms. The summed E-state index contributed by atoms with van der Waals surface area (Å²) in [5.41, 5.74) is 3.02. The van der Waals surface area contributed by atoms with E-state index < -0.39 is 5.82 Å². The van der Waals surface area contributed by atoms with E-state index >= 15 is 4.39 Å². The second-order valence-corrected chi connectivity index (χ2v) is 8.30. The number of fused-ring (bicyclic) bond motifs is 1. The lowest BCUT2D eigenvalue weighted by Gasteiger charge is -2.26. The van der Waals surface area contributed by atoms with Crippen LogP contribution in [0.25, 0.3) is 11.0 Å². The molecular formula is C25H35FN6O. The first-order valence-electron chi connectivity index (χ1n) is 11.8. The van der Waals surface area contributed by atoms with Crippen LogP contribution in [0.2, 0.25) is 0 Å². The maximum atomic E-state index is 15.5. The van der Waals surface area contributed by atoms with Crippen LogP contribution in [0.15, 0.2) is 24.7 Å². The van der Waals surface area contributed by atoms with Gasteiger partial charge < -0.3 is 20.1 Å². The monoisotopic (exact) mass is 454 g/mol. The zero-order chi connectivity index (χ0) is 24.0. The molecule has 1 fully saturated rings. The number of amides is 1. The standard InChI is InChI=1S/C23H29FN6O.C2H6/c1-15-11-16(2)22(26-13-15)28-20-17(12-18-21(19(20)24)27-14-29(18)3)23(31)25-7-10-30-8-5-4-6-9-30;1-2/h11-14H,4-10H2,1-3H3,(H,25,31)(H,26,28);1-2H3. The highest BCUT2D eigenvalue weighted by atomic mass is 19.1. The number of hydrogen-bond acceptors (Lipinski definition) is 5. The summed E-state index contributed by atoms with van der Waals surface area (Å²) in [4.78, 5) is 24.0. The minimum absolute atomic E-state index is 0.0983. The fourth-order valence-electron chi connectivity index (χ4n) is 4.10. The number of carbonyl (C=O) groups excluding carboxylic acids is 1. The number of benzene rings is 1. The zero-order valence-electron chi connectivity index (χ0n) is 20.3. The molecule has 2 N–H and O–H groups in total. The van der Waals surface area contributed by atoms with E-state index in [9.17, 15) is 4.79 Å². The van der Waals surface area contributed by atoms with Gasteiger partial charge in [-0.05, 0) is 57.0 Å². The van der Waals surface area contributed by atoms with Crippen molar-refractivity contribution in [2.24, 2.45) is 7.05 Å². The van der Waals surface area contributed by atoms with E-state index in [0.717, 1.165) is 30.8 Å². The summed E-state index contributed by atoms with van der Waals surface area (Å²) < 4.78 is 17.2. The molecule has 2 aromatic heterocycles. The molecule has 1 aliphatic heterocycles. The average molecular weight is 455 g/mol. The summed E-state index contributed by atoms with van der Waals surface area (Å²) >= 11 is 0. The van der Waals surface area contributed by atoms with Crippen molar-refractivity contribution in [3.8, 4) is 0 Å². The molecule has 0 aliphatic carbocycles. The van der Waals surface area contributed by atoms with Crippen molar-refractivity contribution >= 4 is 28.4 Å². The van der Waals surface area contributed by atoms with E-state index in [1.165, 1.54) is 19.3 Å². The second kappa shape index (κ2) is 11.2. The van der Waals surface area contributed by atoms with Crippen LogP contribution >= 0.6 is 0 Å². The molecule has 7 nitrogen and oxygen atoms in total. The Hall–Kier alpha value is -3.00. The van der Waals surface area contributed by atoms with E-state index in [-0.39, 0.29) is 22.7 Å². The van der Waals surface area contributed by atoms with Gasteiger partial charge in [-0.3, -0.25) is 4.79 Å². The lowest BCUT2D eigenvalue weighted by molar-refractivity contribution is 0.0947. The van der Waals surface area contributed by atoms with Crippen LogP contribution < -0.4 is 10.6 Å². The molecule has 0 atom stereocenters. The summed E-state index contributed by atoms with van der Waals surface area (Å²) in [6.45, 7) is 11.3. The van der Waals surface area contributed by atoms with Gasteiger partial charge in [-0.25, -0.2) is 14.4 Å². The Labute approximate surface area is 195 Å². The van der Waals surface area contributed by atoms with Gasteiger partial charge in [0.2, 0.25) is 0 Å². The number of aromatic nitrogens is 3.